The number of carboxylic acid groups (broad SMARTS) is 1. The summed E-state index contributed by atoms with van der Waals surface area (Å²) in [5.74, 6) is -1.24. The molecule has 6 nitrogen and oxygen atoms in total. The van der Waals surface area contributed by atoms with Gasteiger partial charge in [-0.3, -0.25) is 0 Å². The molecule has 0 amide bonds. The number of fused-ring (bicyclic) bond motifs is 5. The van der Waals surface area contributed by atoms with Crippen LogP contribution in [0.1, 0.15) is 55.4 Å². The van der Waals surface area contributed by atoms with Gasteiger partial charge in [0, 0.05) is 5.92 Å². The first-order chi connectivity index (χ1) is 9.40. The molecule has 3 rings (SSSR count). The largest absolute Gasteiger partial charge is 0.549 e. The van der Waals surface area contributed by atoms with Gasteiger partial charge in [-0.2, -0.15) is 10.5 Å². The molecule has 1 heterocycles. The molecular weight excluding hydrogens is 256 g/mol. The third-order valence-corrected chi connectivity index (χ3v) is 5.00. The standard InChI is InChI=1S/C14H12N4O2/c1-13(2)7-3-4-14(13,12(19)20)11-10(7)17-8(5-15)9(6-16)18-11/h7H,3-4H2,1-2H3,(H,19,20)/p-1/t7-,14+/m1/s1. The van der Waals surface area contributed by atoms with Gasteiger partial charge in [0.2, 0.25) is 0 Å². The molecule has 6 heteroatoms. The number of aliphatic carboxylic acids is 1. The first kappa shape index (κ1) is 12.6. The highest BCUT2D eigenvalue weighted by molar-refractivity contribution is 5.83. The zero-order valence-corrected chi connectivity index (χ0v) is 11.1. The van der Waals surface area contributed by atoms with Crippen LogP contribution in [0.2, 0.25) is 0 Å². The van der Waals surface area contributed by atoms with E-state index in [0.29, 0.717) is 24.2 Å². The normalized spacial score (nSPS) is 28.5. The molecule has 1 aromatic heterocycles. The van der Waals surface area contributed by atoms with E-state index in [-0.39, 0.29) is 17.3 Å². The second-order valence-corrected chi connectivity index (χ2v) is 5.88. The fraction of sp³-hybridized carbons (Fsp3) is 0.500. The van der Waals surface area contributed by atoms with Gasteiger partial charge >= 0.3 is 0 Å². The summed E-state index contributed by atoms with van der Waals surface area (Å²) in [4.78, 5) is 20.1. The van der Waals surface area contributed by atoms with Gasteiger partial charge in [-0.1, -0.05) is 13.8 Å². The SMILES string of the molecule is CC1(C)[C@@H]2CC[C@@]1(C(=O)[O-])c1nc(C#N)c(C#N)nc12. The Balaban J connectivity index is 2.37. The molecule has 0 N–H and O–H groups in total. The third-order valence-electron chi connectivity index (χ3n) is 5.00. The van der Waals surface area contributed by atoms with Crippen LogP contribution in [0.5, 0.6) is 0 Å². The molecule has 20 heavy (non-hydrogen) atoms. The maximum absolute atomic E-state index is 11.8. The van der Waals surface area contributed by atoms with E-state index in [9.17, 15) is 9.90 Å². The van der Waals surface area contributed by atoms with E-state index in [1.165, 1.54) is 0 Å². The fourth-order valence-electron chi connectivity index (χ4n) is 3.87. The number of nitrogens with zero attached hydrogens (tertiary/aromatic N) is 4. The van der Waals surface area contributed by atoms with Crippen LogP contribution in [0.4, 0.5) is 0 Å². The molecule has 100 valence electrons. The molecule has 1 saturated carbocycles. The number of rotatable bonds is 1. The molecule has 2 bridgehead atoms. The van der Waals surface area contributed by atoms with Crippen LogP contribution in [-0.4, -0.2) is 15.9 Å². The summed E-state index contributed by atoms with van der Waals surface area (Å²) in [7, 11) is 0. The van der Waals surface area contributed by atoms with Crippen LogP contribution in [0.15, 0.2) is 0 Å². The maximum atomic E-state index is 11.8. The van der Waals surface area contributed by atoms with E-state index in [2.05, 4.69) is 9.97 Å². The van der Waals surface area contributed by atoms with E-state index >= 15 is 0 Å². The van der Waals surface area contributed by atoms with Gasteiger partial charge in [0.05, 0.1) is 22.8 Å². The van der Waals surface area contributed by atoms with Gasteiger partial charge in [0.1, 0.15) is 12.1 Å². The smallest absolute Gasteiger partial charge is 0.177 e. The summed E-state index contributed by atoms with van der Waals surface area (Å²) >= 11 is 0. The van der Waals surface area contributed by atoms with E-state index in [4.69, 9.17) is 10.5 Å². The van der Waals surface area contributed by atoms with E-state index in [0.717, 1.165) is 0 Å². The van der Waals surface area contributed by atoms with Crippen LogP contribution in [0.25, 0.3) is 0 Å². The Labute approximate surface area is 115 Å². The molecule has 0 radical (unpaired) electrons. The number of hydrogen-bond donors (Lipinski definition) is 0. The lowest BCUT2D eigenvalue weighted by Crippen LogP contribution is -2.51. The first-order valence-corrected chi connectivity index (χ1v) is 6.34. The number of aromatic nitrogens is 2. The Hall–Kier alpha value is -2.47. The lowest BCUT2D eigenvalue weighted by Gasteiger charge is -2.38. The Kier molecular flexibility index (Phi) is 2.23. The monoisotopic (exact) mass is 267 g/mol. The Morgan fingerprint density at radius 1 is 1.30 bits per heavy atom. The Morgan fingerprint density at radius 3 is 2.45 bits per heavy atom. The van der Waals surface area contributed by atoms with Crippen molar-refractivity contribution in [3.63, 3.8) is 0 Å². The van der Waals surface area contributed by atoms with Crippen molar-refractivity contribution in [1.29, 1.82) is 10.5 Å². The highest BCUT2D eigenvalue weighted by atomic mass is 16.4. The number of carboxylic acids is 1. The minimum atomic E-state index is -1.21. The van der Waals surface area contributed by atoms with Crippen LogP contribution >= 0.6 is 0 Å². The summed E-state index contributed by atoms with van der Waals surface area (Å²) < 4.78 is 0. The van der Waals surface area contributed by atoms with Crippen LogP contribution in [0.3, 0.4) is 0 Å². The molecule has 0 unspecified atom stereocenters. The van der Waals surface area contributed by atoms with Crippen molar-refractivity contribution >= 4 is 5.97 Å². The molecular formula is C14H11N4O2-. The van der Waals surface area contributed by atoms with Crippen molar-refractivity contribution in [1.82, 2.24) is 9.97 Å². The minimum absolute atomic E-state index is 0.0388. The average Bonchev–Trinajstić information content (AvgIpc) is 2.80. The zero-order valence-electron chi connectivity index (χ0n) is 11.1. The Morgan fingerprint density at radius 2 is 1.90 bits per heavy atom. The maximum Gasteiger partial charge on any atom is 0.177 e. The van der Waals surface area contributed by atoms with Crippen molar-refractivity contribution < 1.29 is 9.90 Å². The molecule has 1 fully saturated rings. The van der Waals surface area contributed by atoms with Crippen molar-refractivity contribution in [3.8, 4) is 12.1 Å². The van der Waals surface area contributed by atoms with Crippen LogP contribution < -0.4 is 5.11 Å². The second kappa shape index (κ2) is 3.55. The topological polar surface area (TPSA) is 113 Å². The summed E-state index contributed by atoms with van der Waals surface area (Å²) in [5.41, 5.74) is -1.08. The first-order valence-electron chi connectivity index (χ1n) is 6.34. The van der Waals surface area contributed by atoms with Crippen LogP contribution in [0, 0.1) is 28.1 Å². The Bertz CT molecular complexity index is 726. The molecule has 2 atom stereocenters. The molecule has 2 aliphatic rings. The van der Waals surface area contributed by atoms with Crippen molar-refractivity contribution in [3.05, 3.63) is 22.8 Å². The number of carbonyl (C=O) groups is 1. The summed E-state index contributed by atoms with van der Waals surface area (Å²) in [5, 5.41) is 29.8. The van der Waals surface area contributed by atoms with Crippen molar-refractivity contribution in [2.45, 2.75) is 38.0 Å². The van der Waals surface area contributed by atoms with Gasteiger partial charge < -0.3 is 9.90 Å². The molecule has 0 saturated heterocycles. The van der Waals surface area contributed by atoms with E-state index in [1.54, 1.807) is 0 Å². The quantitative estimate of drug-likeness (QED) is 0.714. The summed E-state index contributed by atoms with van der Waals surface area (Å²) in [6.45, 7) is 3.73. The van der Waals surface area contributed by atoms with Gasteiger partial charge in [0.25, 0.3) is 0 Å². The van der Waals surface area contributed by atoms with Gasteiger partial charge in [-0.25, -0.2) is 9.97 Å². The van der Waals surface area contributed by atoms with Gasteiger partial charge in [-0.05, 0) is 18.3 Å². The zero-order chi connectivity index (χ0) is 14.7. The van der Waals surface area contributed by atoms with E-state index in [1.807, 2.05) is 26.0 Å². The van der Waals surface area contributed by atoms with Crippen molar-refractivity contribution in [2.24, 2.45) is 5.41 Å². The summed E-state index contributed by atoms with van der Waals surface area (Å²) in [6.07, 6.45) is 1.12. The van der Waals surface area contributed by atoms with Crippen LogP contribution in [-0.2, 0) is 10.2 Å². The molecule has 0 aliphatic heterocycles. The van der Waals surface area contributed by atoms with Gasteiger partial charge in [0.15, 0.2) is 11.4 Å². The summed E-state index contributed by atoms with van der Waals surface area (Å²) in [6, 6.07) is 3.66. The van der Waals surface area contributed by atoms with Crippen molar-refractivity contribution in [2.75, 3.05) is 0 Å². The molecule has 1 aromatic rings. The number of nitriles is 2. The molecule has 2 aliphatic carbocycles. The minimum Gasteiger partial charge on any atom is -0.549 e. The number of hydrogen-bond acceptors (Lipinski definition) is 6. The predicted molar refractivity (Wildman–Crippen MR) is 63.9 cm³/mol. The second-order valence-electron chi connectivity index (χ2n) is 5.88. The van der Waals surface area contributed by atoms with E-state index < -0.39 is 16.8 Å². The molecule has 0 spiro atoms. The average molecular weight is 267 g/mol. The van der Waals surface area contributed by atoms with Gasteiger partial charge in [-0.15, -0.1) is 0 Å². The third kappa shape index (κ3) is 1.10. The highest BCUT2D eigenvalue weighted by Crippen LogP contribution is 2.66. The highest BCUT2D eigenvalue weighted by Gasteiger charge is 2.65. The number of carbonyl (C=O) groups excluding carboxylic acids is 1. The lowest BCUT2D eigenvalue weighted by atomic mass is 9.68. The molecule has 0 aromatic carbocycles. The fourth-order valence-corrected chi connectivity index (χ4v) is 3.87. The lowest BCUT2D eigenvalue weighted by molar-refractivity contribution is -0.317. The predicted octanol–water partition coefficient (Wildman–Crippen LogP) is 0.125.